The van der Waals surface area contributed by atoms with Crippen LogP contribution in [0.4, 0.5) is 4.79 Å². The van der Waals surface area contributed by atoms with E-state index in [-0.39, 0.29) is 12.1 Å². The van der Waals surface area contributed by atoms with Crippen molar-refractivity contribution in [1.82, 2.24) is 20.2 Å². The Bertz CT molecular complexity index is 655. The fourth-order valence-corrected chi connectivity index (χ4v) is 3.93. The van der Waals surface area contributed by atoms with Crippen molar-refractivity contribution in [3.63, 3.8) is 0 Å². The van der Waals surface area contributed by atoms with E-state index < -0.39 is 0 Å². The SMILES string of the molecule is Cc1csc([C@@H]2COCCN2C(=O)NCc2ncc(C)s2)n1. The van der Waals surface area contributed by atoms with Crippen LogP contribution in [0.15, 0.2) is 11.6 Å². The number of hydrogen-bond acceptors (Lipinski definition) is 6. The third kappa shape index (κ3) is 3.45. The number of thiazole rings is 2. The van der Waals surface area contributed by atoms with Gasteiger partial charge in [-0.3, -0.25) is 0 Å². The number of urea groups is 1. The number of nitrogens with zero attached hydrogens (tertiary/aromatic N) is 3. The van der Waals surface area contributed by atoms with Crippen molar-refractivity contribution >= 4 is 28.7 Å². The van der Waals surface area contributed by atoms with Gasteiger partial charge in [0.05, 0.1) is 19.8 Å². The molecule has 1 atom stereocenters. The summed E-state index contributed by atoms with van der Waals surface area (Å²) in [5.74, 6) is 0. The number of morpholine rings is 1. The summed E-state index contributed by atoms with van der Waals surface area (Å²) in [7, 11) is 0. The summed E-state index contributed by atoms with van der Waals surface area (Å²) in [5, 5.41) is 6.79. The number of rotatable bonds is 3. The average Bonchev–Trinajstić information content (AvgIpc) is 3.13. The molecule has 3 rings (SSSR count). The van der Waals surface area contributed by atoms with Gasteiger partial charge in [-0.25, -0.2) is 14.8 Å². The summed E-state index contributed by atoms with van der Waals surface area (Å²) < 4.78 is 5.53. The second-order valence-corrected chi connectivity index (χ2v) is 7.34. The van der Waals surface area contributed by atoms with Crippen LogP contribution in [0.3, 0.4) is 0 Å². The smallest absolute Gasteiger partial charge is 0.318 e. The van der Waals surface area contributed by atoms with Crippen LogP contribution in [-0.2, 0) is 11.3 Å². The Kier molecular flexibility index (Phi) is 4.70. The molecule has 22 heavy (non-hydrogen) atoms. The maximum Gasteiger partial charge on any atom is 0.318 e. The van der Waals surface area contributed by atoms with Crippen molar-refractivity contribution < 1.29 is 9.53 Å². The molecular weight excluding hydrogens is 320 g/mol. The summed E-state index contributed by atoms with van der Waals surface area (Å²) in [6.45, 7) is 6.05. The lowest BCUT2D eigenvalue weighted by Gasteiger charge is -2.34. The fraction of sp³-hybridized carbons (Fsp3) is 0.500. The molecule has 0 aliphatic carbocycles. The molecule has 8 heteroatoms. The second kappa shape index (κ2) is 6.72. The second-order valence-electron chi connectivity index (χ2n) is 5.13. The minimum atomic E-state index is -0.106. The van der Waals surface area contributed by atoms with E-state index in [0.29, 0.717) is 26.3 Å². The van der Waals surface area contributed by atoms with E-state index in [1.54, 1.807) is 22.7 Å². The first-order valence-corrected chi connectivity index (χ1v) is 8.78. The molecule has 0 radical (unpaired) electrons. The summed E-state index contributed by atoms with van der Waals surface area (Å²) in [4.78, 5) is 24.2. The zero-order valence-electron chi connectivity index (χ0n) is 12.5. The van der Waals surface area contributed by atoms with Crippen molar-refractivity contribution in [3.8, 4) is 0 Å². The van der Waals surface area contributed by atoms with E-state index in [9.17, 15) is 4.79 Å². The Morgan fingerprint density at radius 1 is 1.55 bits per heavy atom. The summed E-state index contributed by atoms with van der Waals surface area (Å²) in [6.07, 6.45) is 1.82. The van der Waals surface area contributed by atoms with Crippen molar-refractivity contribution in [2.45, 2.75) is 26.4 Å². The Morgan fingerprint density at radius 3 is 3.09 bits per heavy atom. The number of carbonyl (C=O) groups excluding carboxylic acids is 1. The van der Waals surface area contributed by atoms with Crippen molar-refractivity contribution in [2.24, 2.45) is 0 Å². The van der Waals surface area contributed by atoms with E-state index in [0.717, 1.165) is 20.6 Å². The molecule has 2 aromatic rings. The molecule has 1 N–H and O–H groups in total. The van der Waals surface area contributed by atoms with Crippen LogP contribution in [0.5, 0.6) is 0 Å². The van der Waals surface area contributed by atoms with Gasteiger partial charge in [-0.05, 0) is 13.8 Å². The summed E-state index contributed by atoms with van der Waals surface area (Å²) in [6, 6.07) is -0.195. The lowest BCUT2D eigenvalue weighted by Crippen LogP contribution is -2.47. The van der Waals surface area contributed by atoms with Crippen molar-refractivity contribution in [3.05, 3.63) is 32.2 Å². The molecule has 3 heterocycles. The molecule has 0 bridgehead atoms. The van der Waals surface area contributed by atoms with Crippen LogP contribution in [0.1, 0.15) is 26.6 Å². The molecule has 0 unspecified atom stereocenters. The van der Waals surface area contributed by atoms with Crippen LogP contribution in [-0.4, -0.2) is 40.7 Å². The molecule has 2 amide bonds. The van der Waals surface area contributed by atoms with Gasteiger partial charge in [-0.15, -0.1) is 22.7 Å². The first-order chi connectivity index (χ1) is 10.6. The quantitative estimate of drug-likeness (QED) is 0.934. The number of hydrogen-bond donors (Lipinski definition) is 1. The first-order valence-electron chi connectivity index (χ1n) is 7.09. The highest BCUT2D eigenvalue weighted by molar-refractivity contribution is 7.11. The lowest BCUT2D eigenvalue weighted by molar-refractivity contribution is 0.0115. The van der Waals surface area contributed by atoms with Gasteiger partial charge in [-0.1, -0.05) is 0 Å². The van der Waals surface area contributed by atoms with Crippen LogP contribution in [0, 0.1) is 13.8 Å². The van der Waals surface area contributed by atoms with Gasteiger partial charge in [0.2, 0.25) is 0 Å². The molecule has 118 valence electrons. The Balaban J connectivity index is 1.66. The Morgan fingerprint density at radius 2 is 2.41 bits per heavy atom. The molecule has 1 aliphatic heterocycles. The van der Waals surface area contributed by atoms with Gasteiger partial charge >= 0.3 is 6.03 Å². The Hall–Kier alpha value is -1.51. The molecule has 0 spiro atoms. The number of nitrogens with one attached hydrogen (secondary N) is 1. The number of aryl methyl sites for hydroxylation is 2. The highest BCUT2D eigenvalue weighted by atomic mass is 32.1. The third-order valence-corrected chi connectivity index (χ3v) is 5.35. The zero-order chi connectivity index (χ0) is 15.5. The van der Waals surface area contributed by atoms with Crippen LogP contribution in [0.2, 0.25) is 0 Å². The minimum Gasteiger partial charge on any atom is -0.377 e. The normalized spacial score (nSPS) is 18.5. The summed E-state index contributed by atoms with van der Waals surface area (Å²) in [5.41, 5.74) is 0.976. The third-order valence-electron chi connectivity index (χ3n) is 3.37. The van der Waals surface area contributed by atoms with Gasteiger partial charge in [0.1, 0.15) is 16.1 Å². The first kappa shape index (κ1) is 15.4. The molecule has 0 aromatic carbocycles. The zero-order valence-corrected chi connectivity index (χ0v) is 14.2. The van der Waals surface area contributed by atoms with Crippen LogP contribution in [0.25, 0.3) is 0 Å². The highest BCUT2D eigenvalue weighted by Crippen LogP contribution is 2.27. The standard InChI is InChI=1S/C14H18N4O2S2/c1-9-8-21-13(17-9)11-7-20-4-3-18(11)14(19)16-6-12-15-5-10(2)22-12/h5,8,11H,3-4,6-7H2,1-2H3,(H,16,19)/t11-/m0/s1. The summed E-state index contributed by atoms with van der Waals surface area (Å²) >= 11 is 3.17. The number of carbonyl (C=O) groups is 1. The number of ether oxygens (including phenoxy) is 1. The van der Waals surface area contributed by atoms with Crippen LogP contribution < -0.4 is 5.32 Å². The lowest BCUT2D eigenvalue weighted by atomic mass is 10.2. The molecular formula is C14H18N4O2S2. The van der Waals surface area contributed by atoms with Crippen LogP contribution >= 0.6 is 22.7 Å². The highest BCUT2D eigenvalue weighted by Gasteiger charge is 2.30. The van der Waals surface area contributed by atoms with E-state index in [4.69, 9.17) is 4.74 Å². The molecule has 2 aromatic heterocycles. The maximum absolute atomic E-state index is 12.5. The predicted molar refractivity (Wildman–Crippen MR) is 86.2 cm³/mol. The predicted octanol–water partition coefficient (Wildman–Crippen LogP) is 2.50. The molecule has 1 saturated heterocycles. The van der Waals surface area contributed by atoms with E-state index in [1.165, 1.54) is 0 Å². The van der Waals surface area contributed by atoms with E-state index in [2.05, 4.69) is 15.3 Å². The molecule has 1 fully saturated rings. The van der Waals surface area contributed by atoms with Gasteiger partial charge in [-0.2, -0.15) is 0 Å². The molecule has 6 nitrogen and oxygen atoms in total. The largest absolute Gasteiger partial charge is 0.377 e. The molecule has 1 aliphatic rings. The van der Waals surface area contributed by atoms with Crippen molar-refractivity contribution in [1.29, 1.82) is 0 Å². The van der Waals surface area contributed by atoms with Gasteiger partial charge in [0.25, 0.3) is 0 Å². The van der Waals surface area contributed by atoms with Gasteiger partial charge in [0.15, 0.2) is 0 Å². The van der Waals surface area contributed by atoms with E-state index >= 15 is 0 Å². The average molecular weight is 338 g/mol. The fourth-order valence-electron chi connectivity index (χ4n) is 2.31. The molecule has 0 saturated carbocycles. The number of amides is 2. The monoisotopic (exact) mass is 338 g/mol. The van der Waals surface area contributed by atoms with Crippen molar-refractivity contribution in [2.75, 3.05) is 19.8 Å². The Labute approximate surface area is 137 Å². The topological polar surface area (TPSA) is 67.3 Å². The minimum absolute atomic E-state index is 0.0889. The van der Waals surface area contributed by atoms with Gasteiger partial charge in [0, 0.05) is 28.7 Å². The number of aromatic nitrogens is 2. The van der Waals surface area contributed by atoms with E-state index in [1.807, 2.05) is 30.3 Å². The van der Waals surface area contributed by atoms with Gasteiger partial charge < -0.3 is 15.0 Å². The maximum atomic E-state index is 12.5.